The molecule has 0 bridgehead atoms. The van der Waals surface area contributed by atoms with Crippen LogP contribution in [0.4, 0.5) is 5.00 Å². The van der Waals surface area contributed by atoms with E-state index in [1.165, 1.54) is 18.4 Å². The largest absolute Gasteiger partial charge is 0.465 e. The van der Waals surface area contributed by atoms with Crippen molar-refractivity contribution in [3.63, 3.8) is 0 Å². The molecule has 2 heterocycles. The van der Waals surface area contributed by atoms with Crippen LogP contribution in [0.15, 0.2) is 18.3 Å². The summed E-state index contributed by atoms with van der Waals surface area (Å²) in [5, 5.41) is 11.7. The Kier molecular flexibility index (Phi) is 6.12. The zero-order valence-electron chi connectivity index (χ0n) is 13.4. The molecule has 6 nitrogen and oxygen atoms in total. The molecule has 0 saturated heterocycles. The van der Waals surface area contributed by atoms with Crippen LogP contribution < -0.4 is 10.6 Å². The van der Waals surface area contributed by atoms with Crippen LogP contribution in [-0.4, -0.2) is 28.0 Å². The van der Waals surface area contributed by atoms with Crippen molar-refractivity contribution in [1.82, 2.24) is 15.1 Å². The van der Waals surface area contributed by atoms with E-state index in [9.17, 15) is 4.79 Å². The Morgan fingerprint density at radius 2 is 2.26 bits per heavy atom. The average molecular weight is 352 g/mol. The van der Waals surface area contributed by atoms with Crippen LogP contribution in [0.2, 0.25) is 0 Å². The number of nitrogens with one attached hydrogen (secondary N) is 2. The quantitative estimate of drug-likeness (QED) is 0.615. The maximum atomic E-state index is 11.8. The van der Waals surface area contributed by atoms with Gasteiger partial charge in [0.25, 0.3) is 0 Å². The van der Waals surface area contributed by atoms with Gasteiger partial charge in [0.2, 0.25) is 0 Å². The number of anilines is 1. The van der Waals surface area contributed by atoms with Crippen LogP contribution in [0.1, 0.15) is 34.8 Å². The maximum Gasteiger partial charge on any atom is 0.340 e. The molecular formula is C15H20N4O2S2. The maximum absolute atomic E-state index is 11.8. The van der Waals surface area contributed by atoms with Crippen LogP contribution in [0.3, 0.4) is 0 Å². The average Bonchev–Trinajstić information content (AvgIpc) is 3.18. The lowest BCUT2D eigenvalue weighted by molar-refractivity contribution is 0.0602. The summed E-state index contributed by atoms with van der Waals surface area (Å²) < 4.78 is 6.67. The molecule has 2 rings (SSSR count). The first kappa shape index (κ1) is 17.4. The van der Waals surface area contributed by atoms with E-state index >= 15 is 0 Å². The van der Waals surface area contributed by atoms with Crippen molar-refractivity contribution in [2.24, 2.45) is 0 Å². The molecule has 0 amide bonds. The Balaban J connectivity index is 1.99. The summed E-state index contributed by atoms with van der Waals surface area (Å²) in [6.45, 7) is 5.43. The first-order chi connectivity index (χ1) is 11.1. The summed E-state index contributed by atoms with van der Waals surface area (Å²) in [5.74, 6) is -0.368. The Morgan fingerprint density at radius 3 is 2.87 bits per heavy atom. The highest BCUT2D eigenvalue weighted by molar-refractivity contribution is 7.80. The van der Waals surface area contributed by atoms with E-state index in [-0.39, 0.29) is 5.97 Å². The van der Waals surface area contributed by atoms with E-state index in [2.05, 4.69) is 15.7 Å². The van der Waals surface area contributed by atoms with E-state index in [1.54, 1.807) is 0 Å². The Morgan fingerprint density at radius 1 is 1.48 bits per heavy atom. The van der Waals surface area contributed by atoms with Crippen LogP contribution in [0.5, 0.6) is 0 Å². The van der Waals surface area contributed by atoms with E-state index in [0.29, 0.717) is 22.2 Å². The van der Waals surface area contributed by atoms with Gasteiger partial charge in [-0.3, -0.25) is 4.68 Å². The van der Waals surface area contributed by atoms with Crippen LogP contribution in [0.25, 0.3) is 0 Å². The highest BCUT2D eigenvalue weighted by Crippen LogP contribution is 2.29. The second-order valence-electron chi connectivity index (χ2n) is 4.77. The van der Waals surface area contributed by atoms with Gasteiger partial charge in [0, 0.05) is 17.6 Å². The van der Waals surface area contributed by atoms with Gasteiger partial charge in [0.1, 0.15) is 5.00 Å². The number of hydrogen-bond acceptors (Lipinski definition) is 5. The van der Waals surface area contributed by atoms with Crippen molar-refractivity contribution in [2.75, 3.05) is 12.4 Å². The zero-order valence-corrected chi connectivity index (χ0v) is 15.0. The first-order valence-electron chi connectivity index (χ1n) is 7.35. The minimum atomic E-state index is -0.368. The van der Waals surface area contributed by atoms with Gasteiger partial charge in [-0.25, -0.2) is 4.79 Å². The molecule has 0 aliphatic rings. The van der Waals surface area contributed by atoms with E-state index in [0.717, 1.165) is 23.5 Å². The lowest BCUT2D eigenvalue weighted by atomic mass is 10.2. The molecule has 2 aromatic rings. The highest BCUT2D eigenvalue weighted by atomic mass is 32.1. The smallest absolute Gasteiger partial charge is 0.340 e. The van der Waals surface area contributed by atoms with Gasteiger partial charge < -0.3 is 15.4 Å². The van der Waals surface area contributed by atoms with E-state index in [1.807, 2.05) is 36.9 Å². The number of esters is 1. The third-order valence-electron chi connectivity index (χ3n) is 3.21. The van der Waals surface area contributed by atoms with Crippen molar-refractivity contribution in [3.8, 4) is 0 Å². The van der Waals surface area contributed by atoms with Gasteiger partial charge in [-0.2, -0.15) is 5.10 Å². The van der Waals surface area contributed by atoms with Crippen molar-refractivity contribution in [1.29, 1.82) is 0 Å². The normalized spacial score (nSPS) is 10.4. The summed E-state index contributed by atoms with van der Waals surface area (Å²) in [7, 11) is 1.37. The second-order valence-corrected chi connectivity index (χ2v) is 6.32. The third-order valence-corrected chi connectivity index (χ3v) is 4.66. The molecule has 2 aromatic heterocycles. The minimum Gasteiger partial charge on any atom is -0.465 e. The summed E-state index contributed by atoms with van der Waals surface area (Å²) in [6, 6.07) is 3.78. The number of nitrogens with zero attached hydrogens (tertiary/aromatic N) is 2. The first-order valence-corrected chi connectivity index (χ1v) is 8.58. The molecule has 23 heavy (non-hydrogen) atoms. The monoisotopic (exact) mass is 352 g/mol. The van der Waals surface area contributed by atoms with Crippen molar-refractivity contribution in [2.45, 2.75) is 33.4 Å². The third kappa shape index (κ3) is 4.52. The summed E-state index contributed by atoms with van der Waals surface area (Å²) in [4.78, 5) is 12.9. The molecule has 124 valence electrons. The second kappa shape index (κ2) is 8.07. The highest BCUT2D eigenvalue weighted by Gasteiger charge is 2.17. The molecule has 0 spiro atoms. The fourth-order valence-corrected chi connectivity index (χ4v) is 3.19. The number of thiocarbonyl (C=S) groups is 1. The minimum absolute atomic E-state index is 0.368. The molecule has 8 heteroatoms. The molecule has 0 unspecified atom stereocenters. The molecule has 0 atom stereocenters. The predicted molar refractivity (Wildman–Crippen MR) is 96.0 cm³/mol. The summed E-state index contributed by atoms with van der Waals surface area (Å²) in [6.07, 6.45) is 2.78. The number of aryl methyl sites for hydroxylation is 2. The van der Waals surface area contributed by atoms with Gasteiger partial charge in [-0.05, 0) is 37.7 Å². The fraction of sp³-hybridized carbons (Fsp3) is 0.400. The predicted octanol–water partition coefficient (Wildman–Crippen LogP) is 2.80. The number of hydrogen-bond donors (Lipinski definition) is 2. The van der Waals surface area contributed by atoms with Crippen molar-refractivity contribution >= 4 is 39.6 Å². The lowest BCUT2D eigenvalue weighted by Gasteiger charge is -2.09. The Hall–Kier alpha value is -1.93. The number of rotatable bonds is 6. The van der Waals surface area contributed by atoms with Crippen LogP contribution >= 0.6 is 23.6 Å². The molecule has 0 saturated carbocycles. The molecule has 2 N–H and O–H groups in total. The van der Waals surface area contributed by atoms with Gasteiger partial charge in [0.05, 0.1) is 24.9 Å². The Labute approximate surface area is 144 Å². The molecular weight excluding hydrogens is 332 g/mol. The number of aromatic nitrogens is 2. The van der Waals surface area contributed by atoms with Gasteiger partial charge in [-0.1, -0.05) is 6.92 Å². The summed E-state index contributed by atoms with van der Waals surface area (Å²) >= 11 is 6.80. The van der Waals surface area contributed by atoms with Gasteiger partial charge in [0.15, 0.2) is 5.11 Å². The molecule has 0 aromatic carbocycles. The summed E-state index contributed by atoms with van der Waals surface area (Å²) in [5.41, 5.74) is 1.42. The number of ether oxygens (including phenoxy) is 1. The van der Waals surface area contributed by atoms with E-state index < -0.39 is 0 Å². The number of carbonyl (C=O) groups is 1. The van der Waals surface area contributed by atoms with Gasteiger partial charge in [-0.15, -0.1) is 11.3 Å². The number of methoxy groups -OCH3 is 1. The Bertz CT molecular complexity index is 693. The van der Waals surface area contributed by atoms with E-state index in [4.69, 9.17) is 17.0 Å². The topological polar surface area (TPSA) is 68.2 Å². The number of carbonyl (C=O) groups excluding carboxylic acids is 1. The fourth-order valence-electron chi connectivity index (χ4n) is 1.96. The standard InChI is InChI=1S/C15H20N4O2S2/c1-4-11-8-12(14(20)21-3)13(23-11)17-15(22)16-9-10-6-7-19(5-2)18-10/h6-8H,4-5,9H2,1-3H3,(H2,16,17,22). The van der Waals surface area contributed by atoms with Crippen molar-refractivity contribution < 1.29 is 9.53 Å². The number of thiophene rings is 1. The van der Waals surface area contributed by atoms with Crippen molar-refractivity contribution in [3.05, 3.63) is 34.5 Å². The molecule has 0 aliphatic heterocycles. The zero-order chi connectivity index (χ0) is 16.8. The molecule has 0 fully saturated rings. The SMILES string of the molecule is CCc1cc(C(=O)OC)c(NC(=S)NCc2ccn(CC)n2)s1. The van der Waals surface area contributed by atoms with Crippen LogP contribution in [0, 0.1) is 0 Å². The van der Waals surface area contributed by atoms with Gasteiger partial charge >= 0.3 is 5.97 Å². The molecule has 0 aliphatic carbocycles. The molecule has 0 radical (unpaired) electrons. The lowest BCUT2D eigenvalue weighted by Crippen LogP contribution is -2.28. The van der Waals surface area contributed by atoms with Crippen LogP contribution in [-0.2, 0) is 24.2 Å².